The number of aromatic amines is 1. The van der Waals surface area contributed by atoms with Crippen LogP contribution >= 0.6 is 0 Å². The molecule has 0 unspecified atom stereocenters. The second kappa shape index (κ2) is 9.14. The van der Waals surface area contributed by atoms with E-state index in [1.165, 1.54) is 55.9 Å². The molecule has 3 fully saturated rings. The normalized spacial score (nSPS) is 22.8. The molecule has 3 saturated heterocycles. The van der Waals surface area contributed by atoms with Crippen LogP contribution in [0.5, 0.6) is 0 Å². The van der Waals surface area contributed by atoms with E-state index >= 15 is 0 Å². The topological polar surface area (TPSA) is 116 Å². The molecule has 30 heavy (non-hydrogen) atoms. The quantitative estimate of drug-likeness (QED) is 0.396. The molecule has 1 aromatic heterocycles. The molecule has 0 saturated carbocycles. The van der Waals surface area contributed by atoms with Gasteiger partial charge in [-0.05, 0) is 30.7 Å². The summed E-state index contributed by atoms with van der Waals surface area (Å²) >= 11 is 0. The van der Waals surface area contributed by atoms with Crippen LogP contribution in [0.4, 0.5) is 11.6 Å². The molecule has 3 aliphatic rings. The second-order valence-corrected chi connectivity index (χ2v) is 7.95. The van der Waals surface area contributed by atoms with Crippen molar-refractivity contribution in [2.24, 2.45) is 10.2 Å². The van der Waals surface area contributed by atoms with Crippen molar-refractivity contribution in [1.82, 2.24) is 20.2 Å². The third kappa shape index (κ3) is 4.71. The van der Waals surface area contributed by atoms with E-state index in [9.17, 15) is 0 Å². The summed E-state index contributed by atoms with van der Waals surface area (Å²) in [4.78, 5) is 9.18. The number of fused-ring (bicyclic) bond motifs is 3. The lowest BCUT2D eigenvalue weighted by atomic mass is 10.1. The zero-order valence-corrected chi connectivity index (χ0v) is 17.0. The van der Waals surface area contributed by atoms with Crippen molar-refractivity contribution in [2.45, 2.75) is 6.42 Å². The molecule has 1 aromatic carbocycles. The van der Waals surface area contributed by atoms with Gasteiger partial charge in [-0.15, -0.1) is 10.2 Å². The molecule has 2 N–H and O–H groups in total. The summed E-state index contributed by atoms with van der Waals surface area (Å²) in [7, 11) is 0. The monoisotopic (exact) mass is 404 g/mol. The summed E-state index contributed by atoms with van der Waals surface area (Å²) in [5, 5.41) is 29.5. The predicted molar refractivity (Wildman–Crippen MR) is 111 cm³/mol. The lowest BCUT2D eigenvalue weighted by Gasteiger charge is -2.50. The van der Waals surface area contributed by atoms with Gasteiger partial charge in [0.15, 0.2) is 11.4 Å². The molecule has 9 nitrogen and oxygen atoms in total. The summed E-state index contributed by atoms with van der Waals surface area (Å²) < 4.78 is 1.30. The summed E-state index contributed by atoms with van der Waals surface area (Å²) in [6.45, 7) is 11.0. The summed E-state index contributed by atoms with van der Waals surface area (Å²) in [5.41, 5.74) is 2.07. The number of aromatic nitrogens is 2. The largest absolute Gasteiger partial charge is 0.319 e. The van der Waals surface area contributed by atoms with Gasteiger partial charge in [-0.2, -0.15) is 15.5 Å². The third-order valence-electron chi connectivity index (χ3n) is 6.13. The van der Waals surface area contributed by atoms with E-state index < -0.39 is 0 Å². The van der Waals surface area contributed by atoms with Gasteiger partial charge in [0.2, 0.25) is 5.95 Å². The molecule has 0 aliphatic carbocycles. The molecule has 0 radical (unpaired) electrons. The third-order valence-corrected chi connectivity index (χ3v) is 6.13. The van der Waals surface area contributed by atoms with Crippen LogP contribution in [0.1, 0.15) is 17.0 Å². The molecule has 0 atom stereocenters. The van der Waals surface area contributed by atoms with Crippen molar-refractivity contribution < 1.29 is 4.48 Å². The van der Waals surface area contributed by atoms with Crippen LogP contribution in [0, 0.1) is 22.7 Å². The first kappa shape index (κ1) is 20.2. The van der Waals surface area contributed by atoms with E-state index in [1.807, 2.05) is 36.4 Å². The molecule has 5 rings (SSSR count). The lowest BCUT2D eigenvalue weighted by molar-refractivity contribution is -0.939. The van der Waals surface area contributed by atoms with E-state index in [4.69, 9.17) is 10.5 Å². The van der Waals surface area contributed by atoms with Crippen LogP contribution in [0.15, 0.2) is 34.5 Å². The SMILES string of the molecule is N#Cc1nc(N=Nc2ccc(CCNCC[N+]34CCN(CC3)CC4)cc2)[nH]c1C#N. The number of nitriles is 2. The van der Waals surface area contributed by atoms with Crippen LogP contribution in [-0.2, 0) is 6.42 Å². The van der Waals surface area contributed by atoms with Crippen molar-refractivity contribution >= 4 is 11.6 Å². The number of hydrogen-bond donors (Lipinski definition) is 2. The fraction of sp³-hybridized carbons (Fsp3) is 0.476. The van der Waals surface area contributed by atoms with Crippen LogP contribution in [0.25, 0.3) is 0 Å². The fourth-order valence-electron chi connectivity index (χ4n) is 4.15. The van der Waals surface area contributed by atoms with E-state index in [0.29, 0.717) is 5.69 Å². The molecule has 4 heterocycles. The maximum atomic E-state index is 8.92. The van der Waals surface area contributed by atoms with Crippen LogP contribution < -0.4 is 5.32 Å². The van der Waals surface area contributed by atoms with Crippen molar-refractivity contribution in [3.63, 3.8) is 0 Å². The molecular formula is C21H26N9+. The van der Waals surface area contributed by atoms with E-state index in [1.54, 1.807) is 0 Å². The highest BCUT2D eigenvalue weighted by molar-refractivity contribution is 5.42. The van der Waals surface area contributed by atoms with Crippen molar-refractivity contribution in [2.75, 3.05) is 58.9 Å². The Kier molecular flexibility index (Phi) is 6.15. The first-order valence-corrected chi connectivity index (χ1v) is 10.4. The molecule has 154 valence electrons. The van der Waals surface area contributed by atoms with Crippen molar-refractivity contribution in [3.8, 4) is 12.1 Å². The summed E-state index contributed by atoms with van der Waals surface area (Å²) in [6.07, 6.45) is 0.973. The molecule has 0 amide bonds. The Bertz CT molecular complexity index is 924. The van der Waals surface area contributed by atoms with Gasteiger partial charge in [0.1, 0.15) is 12.1 Å². The first-order chi connectivity index (χ1) is 14.7. The lowest BCUT2D eigenvalue weighted by Crippen LogP contribution is -2.68. The highest BCUT2D eigenvalue weighted by Crippen LogP contribution is 2.19. The number of azo groups is 1. The van der Waals surface area contributed by atoms with Crippen LogP contribution in [0.2, 0.25) is 0 Å². The minimum Gasteiger partial charge on any atom is -0.319 e. The number of nitrogens with zero attached hydrogens (tertiary/aromatic N) is 7. The highest BCUT2D eigenvalue weighted by atomic mass is 15.5. The van der Waals surface area contributed by atoms with Gasteiger partial charge in [0.25, 0.3) is 0 Å². The number of hydrogen-bond acceptors (Lipinski definition) is 7. The zero-order chi connectivity index (χ0) is 20.8. The average molecular weight is 405 g/mol. The molecule has 2 bridgehead atoms. The average Bonchev–Trinajstić information content (AvgIpc) is 3.22. The van der Waals surface area contributed by atoms with E-state index in [-0.39, 0.29) is 17.3 Å². The fourth-order valence-corrected chi connectivity index (χ4v) is 4.15. The van der Waals surface area contributed by atoms with Gasteiger partial charge >= 0.3 is 0 Å². The highest BCUT2D eigenvalue weighted by Gasteiger charge is 2.37. The predicted octanol–water partition coefficient (Wildman–Crippen LogP) is 1.85. The van der Waals surface area contributed by atoms with Gasteiger partial charge < -0.3 is 14.8 Å². The Labute approximate surface area is 176 Å². The van der Waals surface area contributed by atoms with E-state index in [0.717, 1.165) is 19.5 Å². The number of quaternary nitrogens is 1. The first-order valence-electron chi connectivity index (χ1n) is 10.4. The number of piperazine rings is 3. The molecule has 3 aliphatic heterocycles. The summed E-state index contributed by atoms with van der Waals surface area (Å²) in [5.74, 6) is 0.151. The second-order valence-electron chi connectivity index (χ2n) is 7.95. The van der Waals surface area contributed by atoms with Crippen LogP contribution in [0.3, 0.4) is 0 Å². The Morgan fingerprint density at radius 3 is 2.40 bits per heavy atom. The van der Waals surface area contributed by atoms with E-state index in [2.05, 4.69) is 30.4 Å². The standard InChI is InChI=1S/C21H26N9/c22-15-19-20(16-23)26-21(25-19)28-27-18-3-1-17(2-4-18)5-6-24-7-11-30-12-8-29(9-13-30)10-14-30/h1-4,24H,5-14H2,(H,25,26)/q+1. The number of nitrogens with one attached hydrogen (secondary N) is 2. The number of benzene rings is 1. The number of H-pyrrole nitrogens is 1. The maximum Gasteiger partial charge on any atom is 0.249 e. The van der Waals surface area contributed by atoms with Gasteiger partial charge in [0, 0.05) is 26.2 Å². The number of rotatable bonds is 8. The number of imidazole rings is 1. The Balaban J connectivity index is 1.21. The Hall–Kier alpha value is -3.11. The minimum atomic E-state index is 0.0293. The Morgan fingerprint density at radius 1 is 1.03 bits per heavy atom. The van der Waals surface area contributed by atoms with Gasteiger partial charge in [0.05, 0.1) is 31.9 Å². The van der Waals surface area contributed by atoms with Gasteiger partial charge in [-0.3, -0.25) is 4.90 Å². The zero-order valence-electron chi connectivity index (χ0n) is 17.0. The molecule has 0 spiro atoms. The molecule has 9 heteroatoms. The van der Waals surface area contributed by atoms with Crippen LogP contribution in [-0.4, -0.2) is 78.3 Å². The molecular weight excluding hydrogens is 378 g/mol. The smallest absolute Gasteiger partial charge is 0.249 e. The minimum absolute atomic E-state index is 0.0293. The molecule has 2 aromatic rings. The van der Waals surface area contributed by atoms with Crippen molar-refractivity contribution in [3.05, 3.63) is 41.2 Å². The Morgan fingerprint density at radius 2 is 1.77 bits per heavy atom. The summed E-state index contributed by atoms with van der Waals surface area (Å²) in [6, 6.07) is 11.6. The maximum absolute atomic E-state index is 8.92. The van der Waals surface area contributed by atoms with Gasteiger partial charge in [-0.1, -0.05) is 12.1 Å². The van der Waals surface area contributed by atoms with Gasteiger partial charge in [-0.25, -0.2) is 0 Å². The van der Waals surface area contributed by atoms with Crippen molar-refractivity contribution in [1.29, 1.82) is 10.5 Å².